The fourth-order valence-corrected chi connectivity index (χ4v) is 3.35. The molecule has 120 valence electrons. The van der Waals surface area contributed by atoms with E-state index in [1.807, 2.05) is 0 Å². The maximum Gasteiger partial charge on any atom is 0.309 e. The Morgan fingerprint density at radius 2 is 1.68 bits per heavy atom. The van der Waals surface area contributed by atoms with Crippen molar-refractivity contribution in [3.63, 3.8) is 0 Å². The van der Waals surface area contributed by atoms with Crippen LogP contribution in [-0.4, -0.2) is 31.1 Å². The lowest BCUT2D eigenvalue weighted by molar-refractivity contribution is -0.152. The van der Waals surface area contributed by atoms with Gasteiger partial charge in [0.25, 0.3) is 0 Å². The van der Waals surface area contributed by atoms with Gasteiger partial charge in [0.05, 0.1) is 5.92 Å². The molecule has 22 heavy (non-hydrogen) atoms. The van der Waals surface area contributed by atoms with E-state index in [9.17, 15) is 4.79 Å². The maximum absolute atomic E-state index is 11.7. The first kappa shape index (κ1) is 15.5. The average Bonchev–Trinajstić information content (AvgIpc) is 3.33. The molecule has 0 atom stereocenters. The summed E-state index contributed by atoms with van der Waals surface area (Å²) in [6.45, 7) is 0.990. The van der Waals surface area contributed by atoms with Crippen LogP contribution in [-0.2, 0) is 16.1 Å². The first-order valence-electron chi connectivity index (χ1n) is 8.56. The number of ether oxygens (including phenoxy) is 1. The molecule has 2 aliphatic carbocycles. The molecule has 0 radical (unpaired) electrons. The summed E-state index contributed by atoms with van der Waals surface area (Å²) < 4.78 is 5.62. The van der Waals surface area contributed by atoms with Crippen molar-refractivity contribution in [3.8, 4) is 0 Å². The molecule has 3 rings (SSSR count). The third-order valence-corrected chi connectivity index (χ3v) is 4.82. The van der Waals surface area contributed by atoms with Crippen molar-refractivity contribution < 1.29 is 9.53 Å². The predicted molar refractivity (Wildman–Crippen MR) is 87.6 cm³/mol. The van der Waals surface area contributed by atoms with E-state index < -0.39 is 0 Å². The van der Waals surface area contributed by atoms with Crippen LogP contribution in [0.25, 0.3) is 0 Å². The lowest BCUT2D eigenvalue weighted by Crippen LogP contribution is -2.24. The summed E-state index contributed by atoms with van der Waals surface area (Å²) in [5.74, 6) is 0.905. The van der Waals surface area contributed by atoms with Crippen molar-refractivity contribution in [1.29, 1.82) is 0 Å². The van der Waals surface area contributed by atoms with Crippen LogP contribution in [0, 0.1) is 5.92 Å². The zero-order chi connectivity index (χ0) is 15.5. The van der Waals surface area contributed by atoms with Gasteiger partial charge in [0.15, 0.2) is 0 Å². The zero-order valence-electron chi connectivity index (χ0n) is 13.8. The first-order chi connectivity index (χ1) is 10.6. The molecule has 0 aliphatic heterocycles. The van der Waals surface area contributed by atoms with Crippen LogP contribution < -0.4 is 0 Å². The fraction of sp³-hybridized carbons (Fsp3) is 0.632. The predicted octanol–water partition coefficient (Wildman–Crippen LogP) is 3.73. The fourth-order valence-electron chi connectivity index (χ4n) is 3.35. The van der Waals surface area contributed by atoms with E-state index in [4.69, 9.17) is 4.74 Å². The molecule has 2 saturated carbocycles. The highest BCUT2D eigenvalue weighted by Crippen LogP contribution is 2.36. The molecule has 2 fully saturated rings. The van der Waals surface area contributed by atoms with Gasteiger partial charge in [-0.15, -0.1) is 0 Å². The van der Waals surface area contributed by atoms with Crippen LogP contribution in [0.15, 0.2) is 24.3 Å². The summed E-state index contributed by atoms with van der Waals surface area (Å²) in [6.07, 6.45) is 6.54. The summed E-state index contributed by atoms with van der Waals surface area (Å²) in [7, 11) is 4.19. The minimum absolute atomic E-state index is 0.0523. The van der Waals surface area contributed by atoms with Gasteiger partial charge in [0.2, 0.25) is 0 Å². The average molecular weight is 301 g/mol. The van der Waals surface area contributed by atoms with Crippen molar-refractivity contribution >= 4 is 5.97 Å². The Labute approximate surface area is 133 Å². The molecule has 3 nitrogen and oxygen atoms in total. The molecule has 1 aromatic rings. The van der Waals surface area contributed by atoms with Crippen molar-refractivity contribution in [2.75, 3.05) is 14.1 Å². The zero-order valence-corrected chi connectivity index (χ0v) is 13.8. The van der Waals surface area contributed by atoms with Gasteiger partial charge in [-0.05, 0) is 69.7 Å². The van der Waals surface area contributed by atoms with Crippen molar-refractivity contribution in [2.24, 2.45) is 5.92 Å². The second-order valence-electron chi connectivity index (χ2n) is 7.16. The molecule has 0 amide bonds. The second-order valence-corrected chi connectivity index (χ2v) is 7.16. The topological polar surface area (TPSA) is 29.5 Å². The number of rotatable bonds is 5. The number of hydrogen-bond acceptors (Lipinski definition) is 3. The lowest BCUT2D eigenvalue weighted by Gasteiger charge is -2.28. The number of carbonyl (C=O) groups is 1. The SMILES string of the molecule is CN(C)Cc1ccc([C@H]2CC[C@H](OC(=O)C3CC3)CC2)cc1. The van der Waals surface area contributed by atoms with Gasteiger partial charge in [0.1, 0.15) is 6.10 Å². The summed E-state index contributed by atoms with van der Waals surface area (Å²) in [5, 5.41) is 0. The molecule has 0 aromatic heterocycles. The second kappa shape index (κ2) is 6.82. The van der Waals surface area contributed by atoms with E-state index >= 15 is 0 Å². The maximum atomic E-state index is 11.7. The standard InChI is InChI=1S/C19H27NO2/c1-20(2)13-14-3-5-15(6-4-14)16-9-11-18(12-10-16)22-19(21)17-7-8-17/h3-6,16-18H,7-13H2,1-2H3/t16-,18-. The highest BCUT2D eigenvalue weighted by Gasteiger charge is 2.34. The van der Waals surface area contributed by atoms with E-state index in [0.717, 1.165) is 45.1 Å². The van der Waals surface area contributed by atoms with Crippen molar-refractivity contribution in [2.45, 2.75) is 57.1 Å². The minimum Gasteiger partial charge on any atom is -0.462 e. The van der Waals surface area contributed by atoms with Gasteiger partial charge in [-0.25, -0.2) is 0 Å². The Morgan fingerprint density at radius 3 is 2.23 bits per heavy atom. The lowest BCUT2D eigenvalue weighted by atomic mass is 9.82. The van der Waals surface area contributed by atoms with E-state index in [0.29, 0.717) is 5.92 Å². The quantitative estimate of drug-likeness (QED) is 0.776. The smallest absolute Gasteiger partial charge is 0.309 e. The number of nitrogens with zero attached hydrogens (tertiary/aromatic N) is 1. The molecular formula is C19H27NO2. The monoisotopic (exact) mass is 301 g/mol. The Morgan fingerprint density at radius 1 is 1.05 bits per heavy atom. The van der Waals surface area contributed by atoms with Crippen molar-refractivity contribution in [3.05, 3.63) is 35.4 Å². The van der Waals surface area contributed by atoms with E-state index in [2.05, 4.69) is 43.3 Å². The minimum atomic E-state index is 0.0523. The summed E-state index contributed by atoms with van der Waals surface area (Å²) in [4.78, 5) is 13.9. The van der Waals surface area contributed by atoms with Gasteiger partial charge >= 0.3 is 5.97 Å². The Kier molecular flexibility index (Phi) is 4.82. The van der Waals surface area contributed by atoms with E-state index in [1.165, 1.54) is 11.1 Å². The summed E-state index contributed by atoms with van der Waals surface area (Å²) in [6, 6.07) is 9.04. The molecule has 3 heteroatoms. The molecule has 0 bridgehead atoms. The van der Waals surface area contributed by atoms with Crippen LogP contribution in [0.3, 0.4) is 0 Å². The Bertz CT molecular complexity index is 497. The molecule has 0 unspecified atom stereocenters. The van der Waals surface area contributed by atoms with Gasteiger partial charge in [-0.1, -0.05) is 24.3 Å². The summed E-state index contributed by atoms with van der Waals surface area (Å²) in [5.41, 5.74) is 2.80. The Hall–Kier alpha value is -1.35. The largest absolute Gasteiger partial charge is 0.462 e. The van der Waals surface area contributed by atoms with Crippen molar-refractivity contribution in [1.82, 2.24) is 4.90 Å². The van der Waals surface area contributed by atoms with E-state index in [1.54, 1.807) is 0 Å². The third-order valence-electron chi connectivity index (χ3n) is 4.82. The summed E-state index contributed by atoms with van der Waals surface area (Å²) >= 11 is 0. The molecule has 2 aliphatic rings. The number of esters is 1. The van der Waals surface area contributed by atoms with Gasteiger partial charge in [-0.2, -0.15) is 0 Å². The molecule has 0 spiro atoms. The normalized spacial score (nSPS) is 25.2. The van der Waals surface area contributed by atoms with Gasteiger partial charge in [-0.3, -0.25) is 4.79 Å². The van der Waals surface area contributed by atoms with Gasteiger partial charge in [0, 0.05) is 6.54 Å². The van der Waals surface area contributed by atoms with Crippen LogP contribution in [0.1, 0.15) is 55.6 Å². The number of carbonyl (C=O) groups excluding carboxylic acids is 1. The molecule has 0 N–H and O–H groups in total. The molecule has 0 saturated heterocycles. The highest BCUT2D eigenvalue weighted by molar-refractivity contribution is 5.75. The van der Waals surface area contributed by atoms with Crippen LogP contribution in [0.5, 0.6) is 0 Å². The van der Waals surface area contributed by atoms with Crippen LogP contribution >= 0.6 is 0 Å². The van der Waals surface area contributed by atoms with Crippen LogP contribution in [0.2, 0.25) is 0 Å². The Balaban J connectivity index is 1.49. The first-order valence-corrected chi connectivity index (χ1v) is 8.56. The highest BCUT2D eigenvalue weighted by atomic mass is 16.5. The van der Waals surface area contributed by atoms with Crippen LogP contribution in [0.4, 0.5) is 0 Å². The van der Waals surface area contributed by atoms with Gasteiger partial charge < -0.3 is 9.64 Å². The molecule has 1 aromatic carbocycles. The number of benzene rings is 1. The molecular weight excluding hydrogens is 274 g/mol. The number of hydrogen-bond donors (Lipinski definition) is 0. The third kappa shape index (κ3) is 4.10. The molecule has 0 heterocycles. The van der Waals surface area contributed by atoms with E-state index in [-0.39, 0.29) is 18.0 Å².